The van der Waals surface area contributed by atoms with Gasteiger partial charge >= 0.3 is 17.9 Å². The van der Waals surface area contributed by atoms with Crippen molar-refractivity contribution in [1.82, 2.24) is 0 Å². The quantitative estimate of drug-likeness (QED) is 0.0262. The van der Waals surface area contributed by atoms with E-state index in [0.29, 0.717) is 19.3 Å². The average molecular weight is 891 g/mol. The van der Waals surface area contributed by atoms with E-state index in [1.54, 1.807) is 0 Å². The zero-order valence-electron chi connectivity index (χ0n) is 41.8. The fourth-order valence-corrected chi connectivity index (χ4v) is 7.16. The average Bonchev–Trinajstić information content (AvgIpc) is 3.29. The second-order valence-corrected chi connectivity index (χ2v) is 17.4. The molecule has 0 aliphatic heterocycles. The normalized spacial score (nSPS) is 12.7. The molecule has 6 heteroatoms. The van der Waals surface area contributed by atoms with Gasteiger partial charge in [-0.05, 0) is 83.5 Å². The molecular weight excluding hydrogens is 793 g/mol. The Morgan fingerprint density at radius 1 is 0.328 bits per heavy atom. The third kappa shape index (κ3) is 49.6. The lowest BCUT2D eigenvalue weighted by atomic mass is 10.0. The molecule has 0 aliphatic rings. The van der Waals surface area contributed by atoms with E-state index < -0.39 is 6.10 Å². The molecule has 0 aromatic carbocycles. The first kappa shape index (κ1) is 60.6. The van der Waals surface area contributed by atoms with Gasteiger partial charge in [-0.3, -0.25) is 14.4 Å². The first-order valence-corrected chi connectivity index (χ1v) is 26.6. The molecule has 0 bridgehead atoms. The Morgan fingerprint density at radius 2 is 0.625 bits per heavy atom. The predicted octanol–water partition coefficient (Wildman–Crippen LogP) is 17.6. The molecule has 0 aromatic rings. The smallest absolute Gasteiger partial charge is 0.306 e. The van der Waals surface area contributed by atoms with Crippen LogP contribution >= 0.6 is 0 Å². The Bertz CT molecular complexity index is 1250. The first-order chi connectivity index (χ1) is 31.5. The van der Waals surface area contributed by atoms with Crippen LogP contribution in [0.3, 0.4) is 0 Å². The van der Waals surface area contributed by atoms with Crippen LogP contribution in [0.4, 0.5) is 0 Å². The summed E-state index contributed by atoms with van der Waals surface area (Å²) in [6.45, 7) is 6.41. The number of allylic oxidation sites excluding steroid dienone is 14. The number of unbranched alkanes of at least 4 members (excludes halogenated alkanes) is 22. The molecule has 6 nitrogen and oxygen atoms in total. The summed E-state index contributed by atoms with van der Waals surface area (Å²) in [5, 5.41) is 0. The number of carbonyl (C=O) groups is 3. The van der Waals surface area contributed by atoms with Gasteiger partial charge in [0.05, 0.1) is 0 Å². The number of rotatable bonds is 47. The van der Waals surface area contributed by atoms with Crippen LogP contribution in [0.15, 0.2) is 85.1 Å². The minimum absolute atomic E-state index is 0.113. The van der Waals surface area contributed by atoms with Crippen LogP contribution < -0.4 is 0 Å². The van der Waals surface area contributed by atoms with Crippen LogP contribution in [-0.2, 0) is 28.6 Å². The second kappa shape index (κ2) is 52.2. The van der Waals surface area contributed by atoms with Crippen molar-refractivity contribution >= 4 is 17.9 Å². The molecule has 0 N–H and O–H groups in total. The molecule has 1 atom stereocenters. The first-order valence-electron chi connectivity index (χ1n) is 26.6. The van der Waals surface area contributed by atoms with Gasteiger partial charge in [0.1, 0.15) is 13.2 Å². The largest absolute Gasteiger partial charge is 0.462 e. The summed E-state index contributed by atoms with van der Waals surface area (Å²) >= 11 is 0. The van der Waals surface area contributed by atoms with Crippen LogP contribution in [0.2, 0.25) is 0 Å². The fraction of sp³-hybridized carbons (Fsp3) is 0.707. The standard InChI is InChI=1S/C58H98O6/c1-4-7-10-13-16-19-22-24-26-28-30-31-33-36-39-42-45-48-51-57(60)63-54-55(53-62-56(59)50-47-44-41-38-35-21-18-15-12-9-6-3)64-58(61)52-49-46-43-40-37-34-32-29-27-25-23-20-17-14-11-8-5-2/h9,12,17-18,20-21,25,27,32,34,38,40-41,43,55H,4-8,10-11,13-16,19,22-24,26,28-31,33,35-37,39,42,44-54H2,1-3H3/b12-9-,20-17-,21-18-,27-25-,34-32-,41-38-,43-40-. The molecule has 0 fully saturated rings. The Hall–Kier alpha value is -3.41. The highest BCUT2D eigenvalue weighted by Gasteiger charge is 2.19. The van der Waals surface area contributed by atoms with Gasteiger partial charge in [-0.1, -0.05) is 228 Å². The molecule has 64 heavy (non-hydrogen) atoms. The van der Waals surface area contributed by atoms with E-state index in [2.05, 4.69) is 106 Å². The zero-order valence-corrected chi connectivity index (χ0v) is 41.8. The Kier molecular flexibility index (Phi) is 49.4. The summed E-state index contributed by atoms with van der Waals surface area (Å²) in [6, 6.07) is 0. The molecule has 1 unspecified atom stereocenters. The van der Waals surface area contributed by atoms with Gasteiger partial charge in [0, 0.05) is 19.3 Å². The third-order valence-corrected chi connectivity index (χ3v) is 11.1. The van der Waals surface area contributed by atoms with Gasteiger partial charge in [-0.25, -0.2) is 0 Å². The van der Waals surface area contributed by atoms with Crippen LogP contribution in [0.1, 0.15) is 245 Å². The van der Waals surface area contributed by atoms with Crippen molar-refractivity contribution in [2.24, 2.45) is 0 Å². The lowest BCUT2D eigenvalue weighted by molar-refractivity contribution is -0.167. The van der Waals surface area contributed by atoms with E-state index >= 15 is 0 Å². The number of ether oxygens (including phenoxy) is 3. The molecule has 0 rings (SSSR count). The van der Waals surface area contributed by atoms with Crippen molar-refractivity contribution in [3.63, 3.8) is 0 Å². The van der Waals surface area contributed by atoms with Crippen molar-refractivity contribution in [2.45, 2.75) is 252 Å². The molecule has 0 saturated heterocycles. The monoisotopic (exact) mass is 891 g/mol. The summed E-state index contributed by atoms with van der Waals surface area (Å²) in [5.74, 6) is -1.02. The van der Waals surface area contributed by atoms with E-state index in [0.717, 1.165) is 70.6 Å². The fourth-order valence-electron chi connectivity index (χ4n) is 7.16. The lowest BCUT2D eigenvalue weighted by Gasteiger charge is -2.18. The number of esters is 3. The maximum Gasteiger partial charge on any atom is 0.306 e. The molecule has 0 spiro atoms. The Morgan fingerprint density at radius 3 is 1.02 bits per heavy atom. The van der Waals surface area contributed by atoms with Gasteiger partial charge in [0.2, 0.25) is 0 Å². The molecule has 0 radical (unpaired) electrons. The van der Waals surface area contributed by atoms with E-state index in [1.165, 1.54) is 122 Å². The SMILES string of the molecule is CC/C=C\C/C=C\C/C=C\CCCC(=O)OCC(COC(=O)CCCCCCCCCCCCCCCCCCCC)OC(=O)CCC/C=C\C/C=C\C/C=C\C/C=C\CCCCC. The summed E-state index contributed by atoms with van der Waals surface area (Å²) in [5.41, 5.74) is 0. The summed E-state index contributed by atoms with van der Waals surface area (Å²) < 4.78 is 16.7. The second-order valence-electron chi connectivity index (χ2n) is 17.4. The molecule has 0 heterocycles. The van der Waals surface area contributed by atoms with Gasteiger partial charge in [0.25, 0.3) is 0 Å². The lowest BCUT2D eigenvalue weighted by Crippen LogP contribution is -2.30. The summed E-state index contributed by atoms with van der Waals surface area (Å²) in [6.07, 6.45) is 67.3. The number of hydrogen-bond acceptors (Lipinski definition) is 6. The zero-order chi connectivity index (χ0) is 46.5. The molecule has 0 aliphatic carbocycles. The van der Waals surface area contributed by atoms with Gasteiger partial charge in [-0.15, -0.1) is 0 Å². The highest BCUT2D eigenvalue weighted by Crippen LogP contribution is 2.15. The number of hydrogen-bond donors (Lipinski definition) is 0. The Balaban J connectivity index is 4.46. The molecule has 0 amide bonds. The topological polar surface area (TPSA) is 78.9 Å². The van der Waals surface area contributed by atoms with E-state index in [-0.39, 0.29) is 44.0 Å². The van der Waals surface area contributed by atoms with Crippen molar-refractivity contribution in [3.05, 3.63) is 85.1 Å². The molecule has 366 valence electrons. The third-order valence-electron chi connectivity index (χ3n) is 11.1. The van der Waals surface area contributed by atoms with Crippen LogP contribution in [0.25, 0.3) is 0 Å². The van der Waals surface area contributed by atoms with Crippen LogP contribution in [-0.4, -0.2) is 37.2 Å². The van der Waals surface area contributed by atoms with Crippen LogP contribution in [0, 0.1) is 0 Å². The van der Waals surface area contributed by atoms with Gasteiger partial charge in [0.15, 0.2) is 6.10 Å². The van der Waals surface area contributed by atoms with Gasteiger partial charge in [-0.2, -0.15) is 0 Å². The van der Waals surface area contributed by atoms with Crippen molar-refractivity contribution < 1.29 is 28.6 Å². The summed E-state index contributed by atoms with van der Waals surface area (Å²) in [4.78, 5) is 37.9. The predicted molar refractivity (Wildman–Crippen MR) is 274 cm³/mol. The van der Waals surface area contributed by atoms with Gasteiger partial charge < -0.3 is 14.2 Å². The highest BCUT2D eigenvalue weighted by molar-refractivity contribution is 5.71. The minimum Gasteiger partial charge on any atom is -0.462 e. The maximum absolute atomic E-state index is 12.8. The molecule has 0 saturated carbocycles. The minimum atomic E-state index is -0.823. The van der Waals surface area contributed by atoms with Crippen molar-refractivity contribution in [1.29, 1.82) is 0 Å². The van der Waals surface area contributed by atoms with E-state index in [1.807, 2.05) is 0 Å². The van der Waals surface area contributed by atoms with E-state index in [9.17, 15) is 14.4 Å². The number of carbonyl (C=O) groups excluding carboxylic acids is 3. The van der Waals surface area contributed by atoms with E-state index in [4.69, 9.17) is 14.2 Å². The summed E-state index contributed by atoms with van der Waals surface area (Å²) in [7, 11) is 0. The molecular formula is C58H98O6. The highest BCUT2D eigenvalue weighted by atomic mass is 16.6. The molecule has 0 aromatic heterocycles. The van der Waals surface area contributed by atoms with Crippen molar-refractivity contribution in [2.75, 3.05) is 13.2 Å². The van der Waals surface area contributed by atoms with Crippen LogP contribution in [0.5, 0.6) is 0 Å². The Labute approximate surface area is 395 Å². The maximum atomic E-state index is 12.8. The van der Waals surface area contributed by atoms with Crippen molar-refractivity contribution in [3.8, 4) is 0 Å².